The Balaban J connectivity index is 1.99. The third-order valence-electron chi connectivity index (χ3n) is 3.01. The highest BCUT2D eigenvalue weighted by Crippen LogP contribution is 2.27. The van der Waals surface area contributed by atoms with Crippen LogP contribution in [0.1, 0.15) is 5.56 Å². The Morgan fingerprint density at radius 3 is 2.86 bits per heavy atom. The van der Waals surface area contributed by atoms with Gasteiger partial charge in [0.1, 0.15) is 0 Å². The highest BCUT2D eigenvalue weighted by Gasteiger charge is 2.13. The number of tetrazole rings is 1. The first-order valence-electron chi connectivity index (χ1n) is 6.19. The van der Waals surface area contributed by atoms with Crippen molar-refractivity contribution in [3.8, 4) is 11.4 Å². The third kappa shape index (κ3) is 3.06. The third-order valence-corrected chi connectivity index (χ3v) is 3.74. The predicted octanol–water partition coefficient (Wildman–Crippen LogP) is 3.39. The van der Waals surface area contributed by atoms with Crippen LogP contribution in [0.3, 0.4) is 0 Å². The minimum Gasteiger partial charge on any atom is -0.398 e. The number of anilines is 1. The Morgan fingerprint density at radius 1 is 1.19 bits per heavy atom. The molecule has 3 aromatic rings. The minimum atomic E-state index is 0.549. The molecular formula is C14H11BrClN5. The van der Waals surface area contributed by atoms with Crippen molar-refractivity contribution in [2.45, 2.75) is 6.54 Å². The summed E-state index contributed by atoms with van der Waals surface area (Å²) in [6.45, 7) is 0.549. The van der Waals surface area contributed by atoms with E-state index in [2.05, 4.69) is 31.5 Å². The second-order valence-corrected chi connectivity index (χ2v) is 5.87. The zero-order chi connectivity index (χ0) is 14.8. The molecule has 1 aromatic heterocycles. The van der Waals surface area contributed by atoms with Gasteiger partial charge < -0.3 is 5.73 Å². The van der Waals surface area contributed by atoms with E-state index in [0.29, 0.717) is 23.1 Å². The van der Waals surface area contributed by atoms with Crippen LogP contribution in [0.15, 0.2) is 46.9 Å². The summed E-state index contributed by atoms with van der Waals surface area (Å²) in [4.78, 5) is 0. The van der Waals surface area contributed by atoms with E-state index in [-0.39, 0.29) is 0 Å². The summed E-state index contributed by atoms with van der Waals surface area (Å²) < 4.78 is 2.71. The quantitative estimate of drug-likeness (QED) is 0.723. The van der Waals surface area contributed by atoms with E-state index in [1.54, 1.807) is 22.9 Å². The molecule has 0 bridgehead atoms. The Labute approximate surface area is 134 Å². The summed E-state index contributed by atoms with van der Waals surface area (Å²) >= 11 is 9.48. The maximum Gasteiger partial charge on any atom is 0.184 e. The predicted molar refractivity (Wildman–Crippen MR) is 85.9 cm³/mol. The Bertz CT molecular complexity index is 787. The molecule has 0 aliphatic carbocycles. The first-order chi connectivity index (χ1) is 10.1. The van der Waals surface area contributed by atoms with Crippen molar-refractivity contribution in [2.75, 3.05) is 5.73 Å². The van der Waals surface area contributed by atoms with Gasteiger partial charge in [0.2, 0.25) is 0 Å². The van der Waals surface area contributed by atoms with Crippen LogP contribution in [-0.2, 0) is 6.54 Å². The summed E-state index contributed by atoms with van der Waals surface area (Å²) in [5.41, 5.74) is 8.39. The van der Waals surface area contributed by atoms with Gasteiger partial charge in [0.25, 0.3) is 0 Å². The highest BCUT2D eigenvalue weighted by atomic mass is 79.9. The fourth-order valence-electron chi connectivity index (χ4n) is 2.03. The van der Waals surface area contributed by atoms with E-state index >= 15 is 0 Å². The maximum absolute atomic E-state index is 6.03. The fraction of sp³-hybridized carbons (Fsp3) is 0.0714. The van der Waals surface area contributed by atoms with Crippen molar-refractivity contribution in [1.29, 1.82) is 0 Å². The summed E-state index contributed by atoms with van der Waals surface area (Å²) in [5, 5.41) is 12.4. The molecular weight excluding hydrogens is 354 g/mol. The first kappa shape index (κ1) is 14.0. The molecule has 0 radical (unpaired) electrons. The molecule has 3 rings (SSSR count). The second kappa shape index (κ2) is 5.83. The lowest BCUT2D eigenvalue weighted by Gasteiger charge is -2.08. The topological polar surface area (TPSA) is 69.6 Å². The van der Waals surface area contributed by atoms with Gasteiger partial charge in [0.05, 0.1) is 6.54 Å². The zero-order valence-corrected chi connectivity index (χ0v) is 13.2. The van der Waals surface area contributed by atoms with Gasteiger partial charge in [-0.05, 0) is 46.3 Å². The molecule has 0 atom stereocenters. The van der Waals surface area contributed by atoms with Crippen LogP contribution in [0.5, 0.6) is 0 Å². The number of aromatic nitrogens is 4. The van der Waals surface area contributed by atoms with Crippen molar-refractivity contribution in [3.63, 3.8) is 0 Å². The van der Waals surface area contributed by atoms with Crippen LogP contribution in [0.25, 0.3) is 11.4 Å². The van der Waals surface area contributed by atoms with Crippen molar-refractivity contribution in [1.82, 2.24) is 20.2 Å². The molecule has 2 N–H and O–H groups in total. The molecule has 1 heterocycles. The summed E-state index contributed by atoms with van der Waals surface area (Å²) in [6, 6.07) is 13.2. The molecule has 0 fully saturated rings. The van der Waals surface area contributed by atoms with E-state index < -0.39 is 0 Å². The number of nitrogen functional groups attached to an aromatic ring is 1. The van der Waals surface area contributed by atoms with Crippen LogP contribution in [-0.4, -0.2) is 20.2 Å². The van der Waals surface area contributed by atoms with Crippen LogP contribution < -0.4 is 5.73 Å². The molecule has 7 heteroatoms. The molecule has 5 nitrogen and oxygen atoms in total. The van der Waals surface area contributed by atoms with Gasteiger partial charge in [-0.15, -0.1) is 5.10 Å². The Morgan fingerprint density at radius 2 is 2.05 bits per heavy atom. The van der Waals surface area contributed by atoms with Crippen LogP contribution >= 0.6 is 27.5 Å². The standard InChI is InChI=1S/C14H11BrClN5/c15-10-3-1-2-9(6-10)8-21-14(18-19-20-21)12-7-11(16)4-5-13(12)17/h1-7H,8,17H2. The van der Waals surface area contributed by atoms with Crippen molar-refractivity contribution in [2.24, 2.45) is 0 Å². The zero-order valence-electron chi connectivity index (χ0n) is 10.9. The summed E-state index contributed by atoms with van der Waals surface area (Å²) in [6.07, 6.45) is 0. The molecule has 0 unspecified atom stereocenters. The second-order valence-electron chi connectivity index (χ2n) is 4.52. The molecule has 0 amide bonds. The molecule has 2 aromatic carbocycles. The summed E-state index contributed by atoms with van der Waals surface area (Å²) in [5.74, 6) is 0.593. The normalized spacial score (nSPS) is 10.8. The number of nitrogens with two attached hydrogens (primary N) is 1. The van der Waals surface area contributed by atoms with Crippen LogP contribution in [0.2, 0.25) is 5.02 Å². The SMILES string of the molecule is Nc1ccc(Cl)cc1-c1nnnn1Cc1cccc(Br)c1. The largest absolute Gasteiger partial charge is 0.398 e. The lowest BCUT2D eigenvalue weighted by atomic mass is 10.1. The molecule has 0 aliphatic heterocycles. The lowest BCUT2D eigenvalue weighted by molar-refractivity contribution is 0.653. The number of nitrogens with zero attached hydrogens (tertiary/aromatic N) is 4. The molecule has 106 valence electrons. The van der Waals surface area contributed by atoms with E-state index in [0.717, 1.165) is 15.6 Å². The van der Waals surface area contributed by atoms with Gasteiger partial charge >= 0.3 is 0 Å². The van der Waals surface area contributed by atoms with E-state index in [9.17, 15) is 0 Å². The smallest absolute Gasteiger partial charge is 0.184 e. The highest BCUT2D eigenvalue weighted by molar-refractivity contribution is 9.10. The van der Waals surface area contributed by atoms with E-state index in [1.807, 2.05) is 24.3 Å². The molecule has 21 heavy (non-hydrogen) atoms. The molecule has 0 aliphatic rings. The molecule has 0 saturated carbocycles. The van der Waals surface area contributed by atoms with Crippen LogP contribution in [0, 0.1) is 0 Å². The summed E-state index contributed by atoms with van der Waals surface area (Å²) in [7, 11) is 0. The minimum absolute atomic E-state index is 0.549. The number of hydrogen-bond donors (Lipinski definition) is 1. The average Bonchev–Trinajstić information content (AvgIpc) is 2.89. The first-order valence-corrected chi connectivity index (χ1v) is 7.36. The fourth-order valence-corrected chi connectivity index (χ4v) is 2.65. The Hall–Kier alpha value is -1.92. The number of hydrogen-bond acceptors (Lipinski definition) is 4. The number of benzene rings is 2. The molecule has 0 spiro atoms. The van der Waals surface area contributed by atoms with Crippen molar-refractivity contribution < 1.29 is 0 Å². The number of rotatable bonds is 3. The van der Waals surface area contributed by atoms with E-state index in [1.165, 1.54) is 0 Å². The average molecular weight is 365 g/mol. The van der Waals surface area contributed by atoms with Crippen molar-refractivity contribution >= 4 is 33.2 Å². The monoisotopic (exact) mass is 363 g/mol. The van der Waals surface area contributed by atoms with Crippen molar-refractivity contribution in [3.05, 3.63) is 57.5 Å². The van der Waals surface area contributed by atoms with Gasteiger partial charge in [-0.25, -0.2) is 4.68 Å². The van der Waals surface area contributed by atoms with Gasteiger partial charge in [0, 0.05) is 20.7 Å². The van der Waals surface area contributed by atoms with Crippen LogP contribution in [0.4, 0.5) is 5.69 Å². The van der Waals surface area contributed by atoms with Gasteiger partial charge in [-0.1, -0.05) is 39.7 Å². The number of halogens is 2. The molecule has 0 saturated heterocycles. The van der Waals surface area contributed by atoms with E-state index in [4.69, 9.17) is 17.3 Å². The van der Waals surface area contributed by atoms with Gasteiger partial charge in [-0.2, -0.15) is 0 Å². The lowest BCUT2D eigenvalue weighted by Crippen LogP contribution is -2.05. The van der Waals surface area contributed by atoms with Gasteiger partial charge in [-0.3, -0.25) is 0 Å². The Kier molecular flexibility index (Phi) is 3.90. The van der Waals surface area contributed by atoms with Gasteiger partial charge in [0.15, 0.2) is 5.82 Å². The maximum atomic E-state index is 6.03.